The molecule has 0 aromatic carbocycles. The Morgan fingerprint density at radius 3 is 0.400 bits per heavy atom. The summed E-state index contributed by atoms with van der Waals surface area (Å²) < 4.78 is 0. The molecule has 0 fully saturated rings. The fraction of sp³-hybridized carbons (Fsp3) is 0. The van der Waals surface area contributed by atoms with Crippen LogP contribution >= 0.6 is 0 Å². The van der Waals surface area contributed by atoms with Crippen molar-refractivity contribution in [2.24, 2.45) is 0 Å². The van der Waals surface area contributed by atoms with E-state index in [1.165, 1.54) is 0 Å². The van der Waals surface area contributed by atoms with E-state index < -0.39 is 0 Å². The van der Waals surface area contributed by atoms with E-state index in [0.717, 1.165) is 0 Å². The van der Waals surface area contributed by atoms with Crippen LogP contribution in [0.4, 0.5) is 0 Å². The molecule has 0 rings (SSSR count). The molecule has 38 valence electrons. The molecule has 0 saturated carbocycles. The summed E-state index contributed by atoms with van der Waals surface area (Å²) in [7, 11) is 0. The smallest absolute Gasteiger partial charge is 0 e. The van der Waals surface area contributed by atoms with Crippen molar-refractivity contribution in [3.05, 3.63) is 0 Å². The molecular weight excluding hydrogens is 214 g/mol. The van der Waals surface area contributed by atoms with Crippen LogP contribution in [0.3, 0.4) is 0 Å². The van der Waals surface area contributed by atoms with Gasteiger partial charge >= 0.3 is 0 Å². The molecule has 0 radical (unpaired) electrons. The molecule has 4 nitrogen and oxygen atoms in total. The molecule has 0 amide bonds. The van der Waals surface area contributed by atoms with Gasteiger partial charge < -0.3 is 21.9 Å². The summed E-state index contributed by atoms with van der Waals surface area (Å²) in [6, 6.07) is 0. The molecule has 0 atom stereocenters. The van der Waals surface area contributed by atoms with E-state index >= 15 is 0 Å². The Morgan fingerprint density at radius 1 is 0.400 bits per heavy atom. The Kier molecular flexibility index (Phi) is 1560. The average molecular weight is 222 g/mol. The molecule has 0 spiro atoms. The van der Waals surface area contributed by atoms with E-state index in [0.29, 0.717) is 0 Å². The zero-order valence-corrected chi connectivity index (χ0v) is 5.03. The third kappa shape index (κ3) is 37.7. The number of hydrogen-bond donors (Lipinski definition) is 0. The van der Waals surface area contributed by atoms with Crippen LogP contribution in [0, 0.1) is 40.4 Å². The Balaban J connectivity index is 0. The van der Waals surface area contributed by atoms with Gasteiger partial charge in [0.1, 0.15) is 0 Å². The summed E-state index contributed by atoms with van der Waals surface area (Å²) >= 11 is 0. The third-order valence-electron chi connectivity index (χ3n) is 0. The van der Waals surface area contributed by atoms with Gasteiger partial charge in [0.25, 0.3) is 0 Å². The molecule has 0 aromatic heterocycles. The molecule has 5 heavy (non-hydrogen) atoms. The van der Waals surface area contributed by atoms with E-state index in [4.69, 9.17) is 0 Å². The van der Waals surface area contributed by atoms with Crippen LogP contribution < -0.4 is 0 Å². The van der Waals surface area contributed by atoms with Crippen molar-refractivity contribution in [2.75, 3.05) is 0 Å². The Labute approximate surface area is 61.9 Å². The Hall–Kier alpha value is 1.18. The molecule has 0 aliphatic heterocycles. The molecule has 0 saturated heterocycles. The summed E-state index contributed by atoms with van der Waals surface area (Å²) in [6.07, 6.45) is 0. The van der Waals surface area contributed by atoms with E-state index in [9.17, 15) is 0 Å². The minimum Gasteiger partial charge on any atom is -0.412 e. The summed E-state index contributed by atoms with van der Waals surface area (Å²) in [5, 5.41) is 0. The van der Waals surface area contributed by atoms with E-state index in [-0.39, 0.29) is 62.3 Å². The first-order chi connectivity index (χ1) is 0. The van der Waals surface area contributed by atoms with E-state index in [2.05, 4.69) is 0 Å². The first-order valence-electron chi connectivity index (χ1n) is 0. The summed E-state index contributed by atoms with van der Waals surface area (Å²) in [5.41, 5.74) is 0. The molecule has 0 aliphatic rings. The second-order valence-electron chi connectivity index (χ2n) is 0. The second kappa shape index (κ2) is 65.2. The molecule has 0 aliphatic carbocycles. The van der Waals surface area contributed by atoms with Gasteiger partial charge in [-0.2, -0.15) is 0 Å². The van der Waals surface area contributed by atoms with Gasteiger partial charge in [-0.05, 0) is 0 Å². The van der Waals surface area contributed by atoms with Gasteiger partial charge in [-0.25, -0.2) is 0 Å². The van der Waals surface area contributed by atoms with Crippen LogP contribution in [-0.4, -0.2) is 21.9 Å². The monoisotopic (exact) mass is 224 g/mol. The third-order valence-corrected chi connectivity index (χ3v) is 0. The minimum atomic E-state index is 0. The maximum atomic E-state index is 0. The van der Waals surface area contributed by atoms with E-state index in [1.807, 2.05) is 0 Å². The fourth-order valence-corrected chi connectivity index (χ4v) is 0. The van der Waals surface area contributed by atoms with Crippen LogP contribution in [0.5, 0.6) is 0 Å². The summed E-state index contributed by atoms with van der Waals surface area (Å²) in [5.74, 6) is 0. The van der Waals surface area contributed by atoms with Crippen molar-refractivity contribution >= 4 is 0 Å². The molecule has 5 heteroatoms. The molecule has 0 heterocycles. The molecule has 0 aromatic rings. The predicted molar refractivity (Wildman–Crippen MR) is 14.5 cm³/mol. The van der Waals surface area contributed by atoms with E-state index in [1.54, 1.807) is 0 Å². The van der Waals surface area contributed by atoms with Gasteiger partial charge in [-0.1, -0.05) is 0 Å². The Bertz CT molecular complexity index is 3.61. The van der Waals surface area contributed by atoms with Gasteiger partial charge in [0.15, 0.2) is 0 Å². The molecular formula is H8O4Sm. The number of hydrogen-bond acceptors (Lipinski definition) is 0. The van der Waals surface area contributed by atoms with Crippen molar-refractivity contribution in [3.63, 3.8) is 0 Å². The van der Waals surface area contributed by atoms with Crippen LogP contribution in [0.25, 0.3) is 0 Å². The van der Waals surface area contributed by atoms with Crippen LogP contribution in [0.15, 0.2) is 0 Å². The quantitative estimate of drug-likeness (QED) is 0.407. The Morgan fingerprint density at radius 2 is 0.400 bits per heavy atom. The minimum absolute atomic E-state index is 0. The van der Waals surface area contributed by atoms with Crippen molar-refractivity contribution in [3.8, 4) is 0 Å². The molecule has 8 N–H and O–H groups in total. The van der Waals surface area contributed by atoms with Crippen molar-refractivity contribution in [1.29, 1.82) is 0 Å². The maximum absolute atomic E-state index is 0. The van der Waals surface area contributed by atoms with Crippen LogP contribution in [-0.2, 0) is 0 Å². The number of rotatable bonds is 0. The van der Waals surface area contributed by atoms with Gasteiger partial charge in [-0.15, -0.1) is 0 Å². The molecule has 0 bridgehead atoms. The first kappa shape index (κ1) is 119. The molecule has 0 unspecified atom stereocenters. The standard InChI is InChI=1S/4H2O.Sm/h4*1H2;. The SMILES string of the molecule is O.O.O.O.[Sm]. The normalized spacial score (nSPS) is 0. The van der Waals surface area contributed by atoms with Gasteiger partial charge in [0.05, 0.1) is 0 Å². The van der Waals surface area contributed by atoms with Crippen molar-refractivity contribution < 1.29 is 62.3 Å². The zero-order valence-electron chi connectivity index (χ0n) is 2.41. The van der Waals surface area contributed by atoms with Crippen molar-refractivity contribution in [1.82, 2.24) is 0 Å². The topological polar surface area (TPSA) is 126 Å². The fourth-order valence-electron chi connectivity index (χ4n) is 0. The van der Waals surface area contributed by atoms with Crippen LogP contribution in [0.2, 0.25) is 0 Å². The summed E-state index contributed by atoms with van der Waals surface area (Å²) in [4.78, 5) is 0. The average Bonchev–Trinajstić information content (AvgIpc) is 0. The van der Waals surface area contributed by atoms with Crippen molar-refractivity contribution in [2.45, 2.75) is 0 Å². The predicted octanol–water partition coefficient (Wildman–Crippen LogP) is -3.30. The maximum Gasteiger partial charge on any atom is 0 e. The summed E-state index contributed by atoms with van der Waals surface area (Å²) in [6.45, 7) is 0. The van der Waals surface area contributed by atoms with Gasteiger partial charge in [0.2, 0.25) is 0 Å². The largest absolute Gasteiger partial charge is 0.412 e. The second-order valence-corrected chi connectivity index (χ2v) is 0. The zero-order chi connectivity index (χ0) is 0. The first-order valence-corrected chi connectivity index (χ1v) is 0. The van der Waals surface area contributed by atoms with Crippen LogP contribution in [0.1, 0.15) is 0 Å². The van der Waals surface area contributed by atoms with Gasteiger partial charge in [-0.3, -0.25) is 0 Å². The van der Waals surface area contributed by atoms with Gasteiger partial charge in [0, 0.05) is 40.4 Å².